The van der Waals surface area contributed by atoms with E-state index in [0.717, 1.165) is 50.6 Å². The first-order valence-corrected chi connectivity index (χ1v) is 8.69. The highest BCUT2D eigenvalue weighted by Gasteiger charge is 2.44. The quantitative estimate of drug-likeness (QED) is 0.863. The van der Waals surface area contributed by atoms with Gasteiger partial charge in [-0.1, -0.05) is 39.0 Å². The van der Waals surface area contributed by atoms with Crippen molar-refractivity contribution in [2.45, 2.75) is 70.3 Å². The summed E-state index contributed by atoms with van der Waals surface area (Å²) in [6, 6.07) is 0. The van der Waals surface area contributed by atoms with Crippen LogP contribution in [0.4, 0.5) is 0 Å². The fraction of sp³-hybridized carbons (Fsp3) is 0.941. The summed E-state index contributed by atoms with van der Waals surface area (Å²) in [5.74, 6) is 2.48. The molecule has 0 radical (unpaired) electrons. The zero-order chi connectivity index (χ0) is 14.2. The maximum atomic E-state index is 12.6. The molecule has 1 aliphatic heterocycles. The van der Waals surface area contributed by atoms with Gasteiger partial charge in [-0.3, -0.25) is 4.79 Å². The first-order valence-electron chi connectivity index (χ1n) is 8.69. The Morgan fingerprint density at radius 2 is 1.85 bits per heavy atom. The molecule has 0 aromatic heterocycles. The molecule has 3 unspecified atom stereocenters. The minimum absolute atomic E-state index is 0.0769. The average molecular weight is 278 g/mol. The topological polar surface area (TPSA) is 46.3 Å². The van der Waals surface area contributed by atoms with Crippen molar-refractivity contribution < 1.29 is 4.79 Å². The van der Waals surface area contributed by atoms with Crippen molar-refractivity contribution in [1.29, 1.82) is 0 Å². The maximum absolute atomic E-state index is 12.6. The van der Waals surface area contributed by atoms with Crippen molar-refractivity contribution in [2.75, 3.05) is 13.1 Å². The molecule has 0 bridgehead atoms. The van der Waals surface area contributed by atoms with Crippen LogP contribution < -0.4 is 5.73 Å². The molecule has 114 valence electrons. The average Bonchev–Trinajstić information content (AvgIpc) is 2.43. The zero-order valence-electron chi connectivity index (χ0n) is 12.9. The van der Waals surface area contributed by atoms with Crippen LogP contribution in [0, 0.1) is 17.8 Å². The van der Waals surface area contributed by atoms with E-state index in [1.165, 1.54) is 32.1 Å². The molecule has 3 heteroatoms. The van der Waals surface area contributed by atoms with Gasteiger partial charge in [0.1, 0.15) is 0 Å². The summed E-state index contributed by atoms with van der Waals surface area (Å²) in [6.07, 6.45) is 11.3. The molecule has 2 aliphatic carbocycles. The largest absolute Gasteiger partial charge is 0.339 e. The third kappa shape index (κ3) is 2.74. The van der Waals surface area contributed by atoms with E-state index in [9.17, 15) is 4.79 Å². The van der Waals surface area contributed by atoms with Crippen LogP contribution in [-0.2, 0) is 4.79 Å². The standard InChI is InChI=1S/C17H30N2O/c1-2-9-17(18)11-19(12-17)16(20)15-8-7-13-5-3-4-6-14(13)10-15/h13-15H,2-12,18H2,1H3. The monoisotopic (exact) mass is 278 g/mol. The zero-order valence-corrected chi connectivity index (χ0v) is 12.9. The van der Waals surface area contributed by atoms with Gasteiger partial charge in [-0.15, -0.1) is 0 Å². The first kappa shape index (κ1) is 14.4. The number of hydrogen-bond donors (Lipinski definition) is 1. The fourth-order valence-corrected chi connectivity index (χ4v) is 4.88. The number of fused-ring (bicyclic) bond motifs is 1. The van der Waals surface area contributed by atoms with Crippen molar-refractivity contribution >= 4 is 5.91 Å². The summed E-state index contributed by atoms with van der Waals surface area (Å²) >= 11 is 0. The van der Waals surface area contributed by atoms with E-state index in [1.807, 2.05) is 4.90 Å². The molecule has 1 amide bonds. The minimum atomic E-state index is -0.0769. The number of carbonyl (C=O) groups is 1. The molecule has 3 atom stereocenters. The molecule has 2 saturated carbocycles. The van der Waals surface area contributed by atoms with Gasteiger partial charge in [-0.2, -0.15) is 0 Å². The van der Waals surface area contributed by atoms with Crippen molar-refractivity contribution in [3.05, 3.63) is 0 Å². The van der Waals surface area contributed by atoms with Crippen molar-refractivity contribution in [2.24, 2.45) is 23.5 Å². The van der Waals surface area contributed by atoms with Crippen LogP contribution >= 0.6 is 0 Å². The van der Waals surface area contributed by atoms with Gasteiger partial charge in [0.15, 0.2) is 0 Å². The Morgan fingerprint density at radius 1 is 1.15 bits per heavy atom. The molecule has 0 aromatic carbocycles. The molecular weight excluding hydrogens is 248 g/mol. The highest BCUT2D eigenvalue weighted by atomic mass is 16.2. The smallest absolute Gasteiger partial charge is 0.225 e. The fourth-order valence-electron chi connectivity index (χ4n) is 4.88. The molecule has 1 heterocycles. The van der Waals surface area contributed by atoms with E-state index < -0.39 is 0 Å². The van der Waals surface area contributed by atoms with E-state index in [1.54, 1.807) is 0 Å². The van der Waals surface area contributed by atoms with Crippen molar-refractivity contribution in [3.63, 3.8) is 0 Å². The van der Waals surface area contributed by atoms with Gasteiger partial charge in [-0.25, -0.2) is 0 Å². The lowest BCUT2D eigenvalue weighted by atomic mass is 9.67. The van der Waals surface area contributed by atoms with Crippen molar-refractivity contribution in [3.8, 4) is 0 Å². The summed E-state index contributed by atoms with van der Waals surface area (Å²) in [5, 5.41) is 0. The molecule has 20 heavy (non-hydrogen) atoms. The van der Waals surface area contributed by atoms with Gasteiger partial charge >= 0.3 is 0 Å². The van der Waals surface area contributed by atoms with E-state index in [0.29, 0.717) is 11.8 Å². The lowest BCUT2D eigenvalue weighted by Gasteiger charge is -2.50. The summed E-state index contributed by atoms with van der Waals surface area (Å²) in [6.45, 7) is 3.76. The number of nitrogens with zero attached hydrogens (tertiary/aromatic N) is 1. The van der Waals surface area contributed by atoms with Gasteiger partial charge in [0.2, 0.25) is 5.91 Å². The maximum Gasteiger partial charge on any atom is 0.225 e. The summed E-state index contributed by atoms with van der Waals surface area (Å²) < 4.78 is 0. The molecular formula is C17H30N2O. The normalized spacial score (nSPS) is 36.1. The highest BCUT2D eigenvalue weighted by molar-refractivity contribution is 5.80. The van der Waals surface area contributed by atoms with Crippen LogP contribution in [0.1, 0.15) is 64.7 Å². The molecule has 1 saturated heterocycles. The second-order valence-corrected chi connectivity index (χ2v) is 7.62. The van der Waals surface area contributed by atoms with E-state index in [-0.39, 0.29) is 5.54 Å². The number of amides is 1. The van der Waals surface area contributed by atoms with E-state index in [4.69, 9.17) is 5.73 Å². The Morgan fingerprint density at radius 3 is 2.55 bits per heavy atom. The van der Waals surface area contributed by atoms with Gasteiger partial charge in [0.05, 0.1) is 5.54 Å². The Kier molecular flexibility index (Phi) is 4.07. The van der Waals surface area contributed by atoms with Crippen molar-refractivity contribution in [1.82, 2.24) is 4.90 Å². The third-order valence-electron chi connectivity index (χ3n) is 5.96. The number of carbonyl (C=O) groups excluding carboxylic acids is 1. The van der Waals surface area contributed by atoms with Crippen LogP contribution in [0.25, 0.3) is 0 Å². The second kappa shape index (κ2) is 5.67. The second-order valence-electron chi connectivity index (χ2n) is 7.62. The molecule has 0 spiro atoms. The van der Waals surface area contributed by atoms with Gasteiger partial charge < -0.3 is 10.6 Å². The Balaban J connectivity index is 1.51. The summed E-state index contributed by atoms with van der Waals surface area (Å²) in [4.78, 5) is 14.6. The van der Waals surface area contributed by atoms with E-state index in [2.05, 4.69) is 6.92 Å². The summed E-state index contributed by atoms with van der Waals surface area (Å²) in [7, 11) is 0. The molecule has 3 nitrogen and oxygen atoms in total. The SMILES string of the molecule is CCCC1(N)CN(C(=O)C2CCC3CCCCC3C2)C1. The Labute approximate surface area is 123 Å². The first-order chi connectivity index (χ1) is 9.61. The van der Waals surface area contributed by atoms with Gasteiger partial charge in [0, 0.05) is 19.0 Å². The molecule has 2 N–H and O–H groups in total. The molecule has 3 rings (SSSR count). The van der Waals surface area contributed by atoms with Crippen LogP contribution in [0.5, 0.6) is 0 Å². The van der Waals surface area contributed by atoms with Gasteiger partial charge in [-0.05, 0) is 37.5 Å². The predicted octanol–water partition coefficient (Wildman–Crippen LogP) is 2.93. The summed E-state index contributed by atoms with van der Waals surface area (Å²) in [5.41, 5.74) is 6.21. The number of likely N-dealkylation sites (tertiary alicyclic amines) is 1. The minimum Gasteiger partial charge on any atom is -0.339 e. The van der Waals surface area contributed by atoms with Crippen LogP contribution in [0.2, 0.25) is 0 Å². The third-order valence-corrected chi connectivity index (χ3v) is 5.96. The van der Waals surface area contributed by atoms with Crippen LogP contribution in [0.3, 0.4) is 0 Å². The number of rotatable bonds is 3. The lowest BCUT2D eigenvalue weighted by molar-refractivity contribution is -0.145. The Hall–Kier alpha value is -0.570. The number of hydrogen-bond acceptors (Lipinski definition) is 2. The van der Waals surface area contributed by atoms with E-state index >= 15 is 0 Å². The predicted molar refractivity (Wildman–Crippen MR) is 81.2 cm³/mol. The molecule has 3 aliphatic rings. The number of nitrogens with two attached hydrogens (primary N) is 1. The Bertz CT molecular complexity index is 362. The molecule has 0 aromatic rings. The molecule has 3 fully saturated rings. The van der Waals surface area contributed by atoms with Gasteiger partial charge in [0.25, 0.3) is 0 Å². The lowest BCUT2D eigenvalue weighted by Crippen LogP contribution is -2.69. The van der Waals surface area contributed by atoms with Crippen LogP contribution in [-0.4, -0.2) is 29.4 Å². The highest BCUT2D eigenvalue weighted by Crippen LogP contribution is 2.43. The van der Waals surface area contributed by atoms with Crippen LogP contribution in [0.15, 0.2) is 0 Å².